The maximum atomic E-state index is 14.0. The molecule has 718 valence electrons. The summed E-state index contributed by atoms with van der Waals surface area (Å²) in [6, 6.07) is 12.6. The molecular formula is C80H124N12O32P2S2. The largest absolute Gasteiger partial charge is 0.474 e. The molecule has 2 unspecified atom stereocenters. The van der Waals surface area contributed by atoms with Crippen LogP contribution in [-0.4, -0.2) is 350 Å². The topological polar surface area (TPSA) is 531 Å². The first-order chi connectivity index (χ1) is 62.1. The van der Waals surface area contributed by atoms with Gasteiger partial charge in [0.2, 0.25) is 29.5 Å². The number of aromatic nitrogens is 6. The van der Waals surface area contributed by atoms with Gasteiger partial charge in [-0.15, -0.1) is 0 Å². The molecule has 2 aromatic carbocycles. The number of aromatic amines is 1. The number of amides is 5. The number of nitrogens with one attached hydrogen (secondary N) is 6. The molecule has 5 amide bonds. The number of aliphatic hydroxyl groups excluding tert-OH is 1. The van der Waals surface area contributed by atoms with Gasteiger partial charge in [0.1, 0.15) is 49.4 Å². The van der Waals surface area contributed by atoms with Crippen LogP contribution < -0.4 is 42.6 Å². The van der Waals surface area contributed by atoms with E-state index < -0.39 is 110 Å². The molecule has 3 aliphatic rings. The highest BCUT2D eigenvalue weighted by molar-refractivity contribution is 8.44. The zero-order valence-electron chi connectivity index (χ0n) is 72.4. The van der Waals surface area contributed by atoms with Crippen LogP contribution in [0.4, 0.5) is 16.4 Å². The van der Waals surface area contributed by atoms with Gasteiger partial charge in [0.15, 0.2) is 17.4 Å². The van der Waals surface area contributed by atoms with Crippen LogP contribution in [0.3, 0.4) is 0 Å². The maximum Gasteiger partial charge on any atom is 0.407 e. The second-order valence-corrected chi connectivity index (χ2v) is 34.6. The van der Waals surface area contributed by atoms with Crippen molar-refractivity contribution in [3.8, 4) is 5.88 Å². The number of carbonyl (C=O) groups excluding carboxylic acids is 5. The maximum absolute atomic E-state index is 14.0. The first-order valence-electron chi connectivity index (χ1n) is 42.4. The molecule has 3 fully saturated rings. The number of alkyl carbamates (subject to hydrolysis) is 1. The fourth-order valence-electron chi connectivity index (χ4n) is 12.4. The lowest BCUT2D eigenvalue weighted by Gasteiger charge is -2.27. The highest BCUT2D eigenvalue weighted by Crippen LogP contribution is 2.59. The van der Waals surface area contributed by atoms with Crippen LogP contribution in [0.5, 0.6) is 5.88 Å². The summed E-state index contributed by atoms with van der Waals surface area (Å²) in [7, 11) is 0. The fourth-order valence-corrected chi connectivity index (χ4v) is 15.4. The number of carbonyl (C=O) groups is 5. The third-order valence-corrected chi connectivity index (χ3v) is 22.1. The molecular weight excluding hydrogens is 1770 g/mol. The molecule has 44 nitrogen and oxygen atoms in total. The number of anilines is 2. The second kappa shape index (κ2) is 61.7. The molecule has 0 spiro atoms. The van der Waals surface area contributed by atoms with Crippen molar-refractivity contribution in [3.05, 3.63) is 100 Å². The summed E-state index contributed by atoms with van der Waals surface area (Å²) in [4.78, 5) is 110. The van der Waals surface area contributed by atoms with E-state index in [4.69, 9.17) is 126 Å². The van der Waals surface area contributed by atoms with Gasteiger partial charge in [0, 0.05) is 55.4 Å². The lowest BCUT2D eigenvalue weighted by molar-refractivity contribution is -0.132. The average Bonchev–Trinajstić information content (AvgIpc) is 1.60. The predicted molar refractivity (Wildman–Crippen MR) is 464 cm³/mol. The third kappa shape index (κ3) is 41.9. The number of nitrogens with two attached hydrogens (primary N) is 1. The van der Waals surface area contributed by atoms with Crippen LogP contribution in [0, 0.1) is 11.8 Å². The van der Waals surface area contributed by atoms with Crippen molar-refractivity contribution in [3.63, 3.8) is 0 Å². The number of benzene rings is 2. The van der Waals surface area contributed by atoms with E-state index >= 15 is 0 Å². The molecule has 11 atom stereocenters. The number of rotatable bonds is 66. The Morgan fingerprint density at radius 1 is 0.625 bits per heavy atom. The number of ether oxygens (including phenoxy) is 19. The van der Waals surface area contributed by atoms with Crippen molar-refractivity contribution in [2.45, 2.75) is 102 Å². The smallest absolute Gasteiger partial charge is 0.407 e. The summed E-state index contributed by atoms with van der Waals surface area (Å²) in [5, 5.41) is 25.0. The first kappa shape index (κ1) is 106. The van der Waals surface area contributed by atoms with Gasteiger partial charge < -0.3 is 141 Å². The quantitative estimate of drug-likeness (QED) is 0.0152. The molecule has 2 aliphatic heterocycles. The number of fused-ring (bicyclic) bond motifs is 4. The van der Waals surface area contributed by atoms with Gasteiger partial charge in [-0.2, -0.15) is 4.98 Å². The zero-order chi connectivity index (χ0) is 91.2. The van der Waals surface area contributed by atoms with E-state index in [1.165, 1.54) is 36.4 Å². The number of imidazole rings is 1. The Hall–Kier alpha value is -6.91. The van der Waals surface area contributed by atoms with Gasteiger partial charge in [-0.05, 0) is 66.8 Å². The molecule has 2 saturated heterocycles. The standard InChI is InChI=1S/C80H124N12O32P2S2/c1-57(2)69(88-67(93)14-18-102-20-22-104-24-26-106-28-30-108-32-34-110-36-38-112-40-42-114-44-46-116-48-49-117-47-45-115-43-41-113-39-37-111-35-33-109-31-29-107-27-25-105-23-21-103-19-15-81)76(97)86-58(3)74(95)87-62-10-8-59(9-11-62)52-118-80(99)83-17-12-60-6-4-5-7-64(60)75(96)90-79-89-73-70(77(98)91-79)85-56-92(73)78-72-71(94)66(122-78)54-120-125(100,127)123-65-51-63(121-68-13-16-82-55-84-68)50-61(65)53-119-126(101,128)124-72/h4-11,13,16,55-58,61,63,65-66,69,71-72,78,94H,12,14-15,17-54,81H2,1-3H3,(H,83,99)(H,86,97)(H,87,95)(H,88,93)(H,100,127)(H,101,128)(H2,89,90,91,96,98)/t58-,61+,63+,65-,66+,69-,71+,72+,78+,125?,126?/m0/s1. The van der Waals surface area contributed by atoms with Crippen molar-refractivity contribution in [1.29, 1.82) is 0 Å². The molecule has 48 heteroatoms. The molecule has 128 heavy (non-hydrogen) atoms. The van der Waals surface area contributed by atoms with Gasteiger partial charge in [-0.1, -0.05) is 56.4 Å². The highest BCUT2D eigenvalue weighted by atomic mass is 32.7. The van der Waals surface area contributed by atoms with Gasteiger partial charge in [-0.25, -0.2) is 24.3 Å². The van der Waals surface area contributed by atoms with Crippen LogP contribution >= 0.6 is 25.8 Å². The number of H-pyrrole nitrogens is 1. The molecule has 2 bridgehead atoms. The lowest BCUT2D eigenvalue weighted by atomic mass is 10.0. The number of hydrogen-bond acceptors (Lipinski definition) is 37. The van der Waals surface area contributed by atoms with Crippen molar-refractivity contribution < 1.29 is 147 Å². The Balaban J connectivity index is 0.584. The zero-order valence-corrected chi connectivity index (χ0v) is 75.9. The highest BCUT2D eigenvalue weighted by Gasteiger charge is 2.51. The molecule has 5 heterocycles. The monoisotopic (exact) mass is 1890 g/mol. The summed E-state index contributed by atoms with van der Waals surface area (Å²) in [6.07, 6.45) is -3.31. The minimum absolute atomic E-state index is 0.0150. The number of aliphatic hydroxyl groups is 1. The van der Waals surface area contributed by atoms with E-state index in [0.717, 1.165) is 0 Å². The number of hydrogen-bond donors (Lipinski definition) is 10. The molecule has 1 saturated carbocycles. The lowest BCUT2D eigenvalue weighted by Crippen LogP contribution is -2.53. The molecule has 1 aliphatic carbocycles. The van der Waals surface area contributed by atoms with Crippen LogP contribution in [0.25, 0.3) is 11.2 Å². The molecule has 8 rings (SSSR count). The van der Waals surface area contributed by atoms with Crippen molar-refractivity contribution in [1.82, 2.24) is 45.4 Å². The van der Waals surface area contributed by atoms with Crippen LogP contribution in [0.2, 0.25) is 0 Å². The van der Waals surface area contributed by atoms with Gasteiger partial charge in [0.25, 0.3) is 11.5 Å². The molecule has 5 aromatic rings. The van der Waals surface area contributed by atoms with E-state index in [-0.39, 0.29) is 87.4 Å². The van der Waals surface area contributed by atoms with Crippen LogP contribution in [0.15, 0.2) is 78.2 Å². The number of thiol groups is 1. The van der Waals surface area contributed by atoms with Gasteiger partial charge in [0.05, 0.1) is 237 Å². The Morgan fingerprint density at radius 2 is 1.14 bits per heavy atom. The fraction of sp³-hybridized carbons (Fsp3) is 0.675. The molecule has 0 radical (unpaired) electrons. The molecule has 10 N–H and O–H groups in total. The summed E-state index contributed by atoms with van der Waals surface area (Å²) in [5.74, 6) is -3.08. The van der Waals surface area contributed by atoms with E-state index in [1.807, 2.05) is 0 Å². The van der Waals surface area contributed by atoms with Crippen molar-refractivity contribution in [2.24, 2.45) is 17.6 Å². The predicted octanol–water partition coefficient (Wildman–Crippen LogP) is 3.02. The summed E-state index contributed by atoms with van der Waals surface area (Å²) >= 11 is 9.63. The number of nitrogens with zero attached hydrogens (tertiary/aromatic N) is 5. The van der Waals surface area contributed by atoms with Crippen molar-refractivity contribution >= 4 is 90.1 Å². The third-order valence-electron chi connectivity index (χ3n) is 18.9. The van der Waals surface area contributed by atoms with E-state index in [2.05, 4.69) is 63.8 Å². The van der Waals surface area contributed by atoms with E-state index in [9.17, 15) is 43.3 Å². The average molecular weight is 1890 g/mol. The van der Waals surface area contributed by atoms with Gasteiger partial charge in [-0.3, -0.25) is 43.4 Å². The summed E-state index contributed by atoms with van der Waals surface area (Å²) in [5.41, 5.74) is 5.84. The summed E-state index contributed by atoms with van der Waals surface area (Å²) < 4.78 is 144. The minimum Gasteiger partial charge on any atom is -0.474 e. The minimum atomic E-state index is -4.37. The Kier molecular flexibility index (Phi) is 51.3. The van der Waals surface area contributed by atoms with Crippen LogP contribution in [-0.2, 0) is 147 Å². The SMILES string of the molecule is CC(C)[C@H](NC(=O)CCOCCOCCOCCOCCOCCOCCOCCOCCOCCOCCOCCOCCOCCOCCOCCOCCN)C(=O)N[C@@H](C)C(=O)Nc1ccc(COC(=O)NCCc2ccccc2C(=O)Nc2nc3c(ncn3[C@@H]3O[C@@H]4COP(O)(=S)O[C@H]5C[C@H](Oc6ccncn6)C[C@@H]5COP(=O)(S)O[C@@H]3[C@@H]4O)c(=O)[nH]2)cc1. The molecule has 3 aromatic heterocycles. The second-order valence-electron chi connectivity index (χ2n) is 29.0. The van der Waals surface area contributed by atoms with Gasteiger partial charge >= 0.3 is 19.6 Å². The summed E-state index contributed by atoms with van der Waals surface area (Å²) in [6.45, 7) is 10.0. The van der Waals surface area contributed by atoms with Crippen LogP contribution in [0.1, 0.15) is 67.7 Å². The Morgan fingerprint density at radius 3 is 1.65 bits per heavy atom. The van der Waals surface area contributed by atoms with Crippen molar-refractivity contribution in [2.75, 3.05) is 248 Å². The normalized spacial score (nSPS) is 20.5. The Bertz CT molecular complexity index is 4150. The van der Waals surface area contributed by atoms with E-state index in [1.54, 1.807) is 62.4 Å². The Labute approximate surface area is 752 Å². The first-order valence-corrected chi connectivity index (χ1v) is 47.7. The van der Waals surface area contributed by atoms with E-state index in [0.29, 0.717) is 227 Å².